The Bertz CT molecular complexity index is 596. The predicted octanol–water partition coefficient (Wildman–Crippen LogP) is 0.117. The summed E-state index contributed by atoms with van der Waals surface area (Å²) in [5, 5.41) is 6.27. The van der Waals surface area contributed by atoms with E-state index >= 15 is 0 Å². The first-order chi connectivity index (χ1) is 8.82. The maximum absolute atomic E-state index is 12.1. The molecule has 0 aromatic carbocycles. The quantitative estimate of drug-likeness (QED) is 0.804. The van der Waals surface area contributed by atoms with Crippen molar-refractivity contribution in [1.29, 1.82) is 0 Å². The van der Waals surface area contributed by atoms with Gasteiger partial charge in [-0.25, -0.2) is 8.42 Å². The molecule has 1 N–H and O–H groups in total. The topological polar surface area (TPSA) is 81.1 Å². The van der Waals surface area contributed by atoms with E-state index in [0.29, 0.717) is 5.69 Å². The monoisotopic (exact) mass is 305 g/mol. The third-order valence-electron chi connectivity index (χ3n) is 3.13. The molecule has 19 heavy (non-hydrogen) atoms. The van der Waals surface area contributed by atoms with E-state index in [1.807, 2.05) is 6.92 Å². The molecule has 2 rings (SSSR count). The first-order valence-corrected chi connectivity index (χ1v) is 8.26. The van der Waals surface area contributed by atoms with Crippen molar-refractivity contribution in [3.8, 4) is 0 Å². The van der Waals surface area contributed by atoms with Crippen molar-refractivity contribution in [3.05, 3.63) is 17.5 Å². The number of rotatable bonds is 3. The van der Waals surface area contributed by atoms with E-state index in [-0.39, 0.29) is 17.4 Å². The molecule has 1 fully saturated rings. The number of carbonyl (C=O) groups is 1. The molecular weight excluding hydrogens is 290 g/mol. The van der Waals surface area contributed by atoms with Crippen LogP contribution in [0.5, 0.6) is 0 Å². The molecule has 106 valence electrons. The summed E-state index contributed by atoms with van der Waals surface area (Å²) in [7, 11) is -1.47. The zero-order chi connectivity index (χ0) is 14.2. The van der Waals surface area contributed by atoms with Crippen LogP contribution in [-0.2, 0) is 23.3 Å². The second-order valence-electron chi connectivity index (χ2n) is 4.67. The molecule has 1 aliphatic heterocycles. The zero-order valence-electron chi connectivity index (χ0n) is 10.8. The summed E-state index contributed by atoms with van der Waals surface area (Å²) in [6.45, 7) is 1.95. The number of carbonyl (C=O) groups excluding carboxylic acids is 1. The van der Waals surface area contributed by atoms with Crippen LogP contribution in [0.4, 0.5) is 0 Å². The summed E-state index contributed by atoms with van der Waals surface area (Å²) in [6, 6.07) is 1.15. The lowest BCUT2D eigenvalue weighted by Crippen LogP contribution is -2.41. The van der Waals surface area contributed by atoms with Gasteiger partial charge in [0.15, 0.2) is 9.84 Å². The Morgan fingerprint density at radius 1 is 1.58 bits per heavy atom. The van der Waals surface area contributed by atoms with Gasteiger partial charge < -0.3 is 5.32 Å². The number of alkyl halides is 1. The molecule has 1 saturated heterocycles. The number of halogens is 1. The molecular formula is C11H16ClN3O3S. The summed E-state index contributed by atoms with van der Waals surface area (Å²) >= 11 is 5.95. The predicted molar refractivity (Wildman–Crippen MR) is 72.1 cm³/mol. The first kappa shape index (κ1) is 14.3. The molecule has 8 heteroatoms. The minimum atomic E-state index is -3.15. The maximum atomic E-state index is 12.1. The SMILES string of the molecule is CCc1cc(C(=O)NC2CS(=O)(=O)CC2Cl)n(C)n1. The van der Waals surface area contributed by atoms with Gasteiger partial charge in [-0.15, -0.1) is 11.6 Å². The summed E-state index contributed by atoms with van der Waals surface area (Å²) in [4.78, 5) is 12.1. The Labute approximate surface area is 117 Å². The van der Waals surface area contributed by atoms with E-state index in [2.05, 4.69) is 10.4 Å². The third kappa shape index (κ3) is 3.09. The second-order valence-corrected chi connectivity index (χ2v) is 7.39. The maximum Gasteiger partial charge on any atom is 0.269 e. The van der Waals surface area contributed by atoms with Crippen molar-refractivity contribution in [2.45, 2.75) is 24.8 Å². The fourth-order valence-corrected chi connectivity index (χ4v) is 4.64. The number of amides is 1. The Morgan fingerprint density at radius 2 is 2.26 bits per heavy atom. The van der Waals surface area contributed by atoms with Crippen LogP contribution < -0.4 is 5.32 Å². The Balaban J connectivity index is 2.11. The molecule has 1 aliphatic rings. The molecule has 1 aromatic rings. The highest BCUT2D eigenvalue weighted by molar-refractivity contribution is 7.91. The highest BCUT2D eigenvalue weighted by Gasteiger charge is 2.37. The summed E-state index contributed by atoms with van der Waals surface area (Å²) in [5.41, 5.74) is 1.22. The highest BCUT2D eigenvalue weighted by Crippen LogP contribution is 2.18. The lowest BCUT2D eigenvalue weighted by atomic mass is 10.2. The van der Waals surface area contributed by atoms with E-state index in [1.165, 1.54) is 4.68 Å². The number of hydrogen-bond acceptors (Lipinski definition) is 4. The van der Waals surface area contributed by atoms with Gasteiger partial charge >= 0.3 is 0 Å². The minimum Gasteiger partial charge on any atom is -0.345 e. The number of aryl methyl sites for hydroxylation is 2. The highest BCUT2D eigenvalue weighted by atomic mass is 35.5. The Kier molecular flexibility index (Phi) is 3.87. The van der Waals surface area contributed by atoms with Crippen LogP contribution in [0.15, 0.2) is 6.07 Å². The van der Waals surface area contributed by atoms with E-state index in [4.69, 9.17) is 11.6 Å². The van der Waals surface area contributed by atoms with Crippen molar-refractivity contribution in [3.63, 3.8) is 0 Å². The molecule has 1 aromatic heterocycles. The van der Waals surface area contributed by atoms with E-state index in [0.717, 1.165) is 12.1 Å². The van der Waals surface area contributed by atoms with Gasteiger partial charge in [0.05, 0.1) is 28.6 Å². The first-order valence-electron chi connectivity index (χ1n) is 6.00. The fraction of sp³-hybridized carbons (Fsp3) is 0.636. The van der Waals surface area contributed by atoms with Gasteiger partial charge in [0, 0.05) is 7.05 Å². The average molecular weight is 306 g/mol. The van der Waals surface area contributed by atoms with Crippen molar-refractivity contribution in [2.75, 3.05) is 11.5 Å². The minimum absolute atomic E-state index is 0.0922. The van der Waals surface area contributed by atoms with Gasteiger partial charge in [0.25, 0.3) is 5.91 Å². The molecule has 1 amide bonds. The molecule has 2 atom stereocenters. The van der Waals surface area contributed by atoms with Crippen molar-refractivity contribution >= 4 is 27.3 Å². The van der Waals surface area contributed by atoms with Gasteiger partial charge in [-0.2, -0.15) is 5.10 Å². The Hall–Kier alpha value is -1.08. The summed E-state index contributed by atoms with van der Waals surface area (Å²) < 4.78 is 24.4. The molecule has 0 aliphatic carbocycles. The molecule has 2 unspecified atom stereocenters. The van der Waals surface area contributed by atoms with Gasteiger partial charge in [-0.1, -0.05) is 6.92 Å². The van der Waals surface area contributed by atoms with Crippen LogP contribution in [-0.4, -0.2) is 47.0 Å². The van der Waals surface area contributed by atoms with E-state index in [9.17, 15) is 13.2 Å². The number of sulfone groups is 1. The smallest absolute Gasteiger partial charge is 0.269 e. The van der Waals surface area contributed by atoms with Crippen LogP contribution in [0.1, 0.15) is 23.1 Å². The third-order valence-corrected chi connectivity index (χ3v) is 5.50. The lowest BCUT2D eigenvalue weighted by Gasteiger charge is -2.14. The van der Waals surface area contributed by atoms with Gasteiger partial charge in [-0.05, 0) is 12.5 Å². The van der Waals surface area contributed by atoms with Crippen LogP contribution in [0, 0.1) is 0 Å². The molecule has 0 saturated carbocycles. The van der Waals surface area contributed by atoms with Crippen molar-refractivity contribution in [1.82, 2.24) is 15.1 Å². The molecule has 0 bridgehead atoms. The summed E-state index contributed by atoms with van der Waals surface area (Å²) in [5.74, 6) is -0.543. The number of aromatic nitrogens is 2. The Morgan fingerprint density at radius 3 is 2.74 bits per heavy atom. The largest absolute Gasteiger partial charge is 0.345 e. The number of nitrogens with zero attached hydrogens (tertiary/aromatic N) is 2. The molecule has 6 nitrogen and oxygen atoms in total. The molecule has 0 radical (unpaired) electrons. The van der Waals surface area contributed by atoms with Gasteiger partial charge in [0.1, 0.15) is 5.69 Å². The fourth-order valence-electron chi connectivity index (χ4n) is 2.09. The van der Waals surface area contributed by atoms with Gasteiger partial charge in [0.2, 0.25) is 0 Å². The normalized spacial score (nSPS) is 25.4. The van der Waals surface area contributed by atoms with Crippen LogP contribution in [0.2, 0.25) is 0 Å². The lowest BCUT2D eigenvalue weighted by molar-refractivity contribution is 0.0932. The van der Waals surface area contributed by atoms with E-state index in [1.54, 1.807) is 13.1 Å². The van der Waals surface area contributed by atoms with E-state index < -0.39 is 21.3 Å². The average Bonchev–Trinajstić information content (AvgIpc) is 2.79. The van der Waals surface area contributed by atoms with Crippen molar-refractivity contribution in [2.24, 2.45) is 7.05 Å². The van der Waals surface area contributed by atoms with Crippen molar-refractivity contribution < 1.29 is 13.2 Å². The van der Waals surface area contributed by atoms with Crippen LogP contribution in [0.25, 0.3) is 0 Å². The van der Waals surface area contributed by atoms with Crippen LogP contribution in [0.3, 0.4) is 0 Å². The van der Waals surface area contributed by atoms with Crippen LogP contribution >= 0.6 is 11.6 Å². The number of nitrogens with one attached hydrogen (secondary N) is 1. The van der Waals surface area contributed by atoms with Gasteiger partial charge in [-0.3, -0.25) is 9.48 Å². The standard InChI is InChI=1S/C11H16ClN3O3S/c1-3-7-4-10(15(2)14-7)11(16)13-9-6-19(17,18)5-8(9)12/h4,8-9H,3,5-6H2,1-2H3,(H,13,16). The second kappa shape index (κ2) is 5.13. The molecule has 0 spiro atoms. The zero-order valence-corrected chi connectivity index (χ0v) is 12.3. The number of hydrogen-bond donors (Lipinski definition) is 1. The molecule has 2 heterocycles. The summed E-state index contributed by atoms with van der Waals surface area (Å²) in [6.07, 6.45) is 0.733.